The molecule has 0 aromatic rings. The quantitative estimate of drug-likeness (QED) is 0.543. The molecule has 2 heterocycles. The molecule has 4 saturated carbocycles. The fraction of sp³-hybridized carbons (Fsp3) is 1.00. The molecule has 2 aliphatic heterocycles. The van der Waals surface area contributed by atoms with Crippen molar-refractivity contribution in [3.8, 4) is 0 Å². The van der Waals surface area contributed by atoms with Crippen LogP contribution in [0, 0.1) is 52.3 Å². The molecule has 30 heavy (non-hydrogen) atoms. The second-order valence-corrected chi connectivity index (χ2v) is 13.1. The molecule has 4 aliphatic carbocycles. The smallest absolute Gasteiger partial charge is 0.171 e. The van der Waals surface area contributed by atoms with E-state index in [1.54, 1.807) is 0 Å². The molecule has 2 saturated heterocycles. The number of rotatable bonds is 0. The lowest BCUT2D eigenvalue weighted by Gasteiger charge is -2.61. The maximum atomic E-state index is 10.3. The molecule has 0 amide bonds. The van der Waals surface area contributed by atoms with Crippen LogP contribution in [0.1, 0.15) is 91.9 Å². The van der Waals surface area contributed by atoms with Crippen LogP contribution in [0.2, 0.25) is 0 Å². The Morgan fingerprint density at radius 2 is 1.63 bits per heavy atom. The SMILES string of the molecule is C[C@@H]1CC[C@]2(OC1)O[C@@H]1C[C@H]3[C@@H]4CC[C@H]5C[C@@H](O)CC[C@]5(C)[C@H]4CC[C@]3(C)[C@@H]1[C@@H]2C. The zero-order chi connectivity index (χ0) is 20.9. The molecule has 3 nitrogen and oxygen atoms in total. The number of fused-ring (bicyclic) bond motifs is 7. The first-order valence-corrected chi connectivity index (χ1v) is 13.3. The van der Waals surface area contributed by atoms with Gasteiger partial charge in [0.25, 0.3) is 0 Å². The van der Waals surface area contributed by atoms with E-state index < -0.39 is 0 Å². The van der Waals surface area contributed by atoms with Crippen LogP contribution in [-0.4, -0.2) is 29.7 Å². The fourth-order valence-corrected chi connectivity index (χ4v) is 10.3. The highest BCUT2D eigenvalue weighted by Gasteiger charge is 2.69. The second-order valence-electron chi connectivity index (χ2n) is 13.1. The van der Waals surface area contributed by atoms with E-state index in [1.807, 2.05) is 0 Å². The minimum absolute atomic E-state index is 0.0389. The van der Waals surface area contributed by atoms with Gasteiger partial charge in [-0.05, 0) is 104 Å². The summed E-state index contributed by atoms with van der Waals surface area (Å²) in [7, 11) is 0. The van der Waals surface area contributed by atoms with Crippen molar-refractivity contribution >= 4 is 0 Å². The molecule has 170 valence electrons. The zero-order valence-corrected chi connectivity index (χ0v) is 19.7. The molecule has 0 aromatic carbocycles. The number of hydrogen-bond acceptors (Lipinski definition) is 3. The summed E-state index contributed by atoms with van der Waals surface area (Å²) in [4.78, 5) is 0. The first-order valence-electron chi connectivity index (χ1n) is 13.3. The average Bonchev–Trinajstić information content (AvgIpc) is 3.16. The number of hydrogen-bond donors (Lipinski definition) is 1. The van der Waals surface area contributed by atoms with Crippen molar-refractivity contribution in [2.45, 2.75) is 110 Å². The lowest BCUT2D eigenvalue weighted by molar-refractivity contribution is -0.273. The van der Waals surface area contributed by atoms with E-state index in [1.165, 1.54) is 44.9 Å². The topological polar surface area (TPSA) is 38.7 Å². The van der Waals surface area contributed by atoms with Gasteiger partial charge in [-0.25, -0.2) is 0 Å². The van der Waals surface area contributed by atoms with Crippen molar-refractivity contribution < 1.29 is 14.6 Å². The Morgan fingerprint density at radius 1 is 0.833 bits per heavy atom. The van der Waals surface area contributed by atoms with E-state index in [-0.39, 0.29) is 11.9 Å². The monoisotopic (exact) mass is 416 g/mol. The largest absolute Gasteiger partial charge is 0.393 e. The van der Waals surface area contributed by atoms with Crippen LogP contribution in [0.25, 0.3) is 0 Å². The Bertz CT molecular complexity index is 684. The van der Waals surface area contributed by atoms with Crippen molar-refractivity contribution in [2.24, 2.45) is 52.3 Å². The summed E-state index contributed by atoms with van der Waals surface area (Å²) in [6.07, 6.45) is 12.9. The first kappa shape index (κ1) is 20.5. The maximum absolute atomic E-state index is 10.3. The molecule has 6 aliphatic rings. The van der Waals surface area contributed by atoms with Crippen molar-refractivity contribution in [2.75, 3.05) is 6.61 Å². The van der Waals surface area contributed by atoms with Gasteiger partial charge in [0, 0.05) is 12.3 Å². The van der Waals surface area contributed by atoms with Gasteiger partial charge in [-0.1, -0.05) is 27.7 Å². The zero-order valence-electron chi connectivity index (χ0n) is 19.7. The molecule has 12 atom stereocenters. The summed E-state index contributed by atoms with van der Waals surface area (Å²) >= 11 is 0. The van der Waals surface area contributed by atoms with E-state index in [0.717, 1.165) is 49.5 Å². The molecule has 0 aromatic heterocycles. The highest BCUT2D eigenvalue weighted by molar-refractivity contribution is 5.15. The molecule has 3 heteroatoms. The van der Waals surface area contributed by atoms with Crippen molar-refractivity contribution in [3.63, 3.8) is 0 Å². The third-order valence-electron chi connectivity index (χ3n) is 11.9. The van der Waals surface area contributed by atoms with E-state index in [0.29, 0.717) is 34.7 Å². The summed E-state index contributed by atoms with van der Waals surface area (Å²) in [5, 5.41) is 10.3. The molecular formula is C27H44O3. The van der Waals surface area contributed by atoms with Crippen LogP contribution in [-0.2, 0) is 9.47 Å². The summed E-state index contributed by atoms with van der Waals surface area (Å²) < 4.78 is 13.4. The summed E-state index contributed by atoms with van der Waals surface area (Å²) in [5.74, 6) is 4.93. The van der Waals surface area contributed by atoms with Gasteiger partial charge in [0.2, 0.25) is 0 Å². The van der Waals surface area contributed by atoms with Crippen molar-refractivity contribution in [3.05, 3.63) is 0 Å². The highest BCUT2D eigenvalue weighted by atomic mass is 16.7. The minimum Gasteiger partial charge on any atom is -0.393 e. The van der Waals surface area contributed by atoms with Gasteiger partial charge >= 0.3 is 0 Å². The number of aliphatic hydroxyl groups is 1. The van der Waals surface area contributed by atoms with Gasteiger partial charge in [0.15, 0.2) is 5.79 Å². The van der Waals surface area contributed by atoms with Crippen molar-refractivity contribution in [1.29, 1.82) is 0 Å². The molecule has 6 rings (SSSR count). The summed E-state index contributed by atoms with van der Waals surface area (Å²) in [6, 6.07) is 0. The van der Waals surface area contributed by atoms with Crippen LogP contribution in [0.5, 0.6) is 0 Å². The minimum atomic E-state index is -0.282. The van der Waals surface area contributed by atoms with Crippen LogP contribution in [0.15, 0.2) is 0 Å². The second kappa shape index (κ2) is 6.70. The Balaban J connectivity index is 1.26. The van der Waals surface area contributed by atoms with Crippen LogP contribution in [0.4, 0.5) is 0 Å². The Hall–Kier alpha value is -0.120. The standard InChI is InChI=1S/C27H44O3/c1-16-7-12-27(29-15-16)17(2)24-23(30-27)14-22-20-6-5-18-13-19(28)8-10-25(18,3)21(20)9-11-26(22,24)4/h16-24,28H,5-15H2,1-4H3/t16-,17+,18+,19+,20-,21+,22+,23-,24-,25+,26+,27+/m1/s1. The Kier molecular flexibility index (Phi) is 4.58. The maximum Gasteiger partial charge on any atom is 0.171 e. The fourth-order valence-electron chi connectivity index (χ4n) is 10.3. The van der Waals surface area contributed by atoms with Crippen LogP contribution in [0.3, 0.4) is 0 Å². The first-order chi connectivity index (χ1) is 14.3. The lowest BCUT2D eigenvalue weighted by atomic mass is 9.44. The van der Waals surface area contributed by atoms with Crippen LogP contribution >= 0.6 is 0 Å². The van der Waals surface area contributed by atoms with Gasteiger partial charge in [-0.15, -0.1) is 0 Å². The summed E-state index contributed by atoms with van der Waals surface area (Å²) in [5.41, 5.74) is 0.899. The Morgan fingerprint density at radius 3 is 2.40 bits per heavy atom. The van der Waals surface area contributed by atoms with E-state index in [2.05, 4.69) is 27.7 Å². The molecule has 0 unspecified atom stereocenters. The predicted molar refractivity (Wildman–Crippen MR) is 118 cm³/mol. The molecule has 0 bridgehead atoms. The van der Waals surface area contributed by atoms with Gasteiger partial charge in [0.05, 0.1) is 18.8 Å². The molecule has 1 spiro atoms. The normalized spacial score (nSPS) is 62.5. The molecule has 0 radical (unpaired) electrons. The third kappa shape index (κ3) is 2.61. The van der Waals surface area contributed by atoms with Gasteiger partial charge < -0.3 is 14.6 Å². The number of aliphatic hydroxyl groups excluding tert-OH is 1. The van der Waals surface area contributed by atoms with E-state index in [9.17, 15) is 5.11 Å². The predicted octanol–water partition coefficient (Wildman–Crippen LogP) is 5.79. The molecular weight excluding hydrogens is 372 g/mol. The Labute approximate surface area is 183 Å². The average molecular weight is 417 g/mol. The summed E-state index contributed by atoms with van der Waals surface area (Å²) in [6.45, 7) is 10.9. The van der Waals surface area contributed by atoms with Gasteiger partial charge in [-0.3, -0.25) is 0 Å². The number of ether oxygens (including phenoxy) is 2. The van der Waals surface area contributed by atoms with Gasteiger partial charge in [-0.2, -0.15) is 0 Å². The van der Waals surface area contributed by atoms with Crippen molar-refractivity contribution in [1.82, 2.24) is 0 Å². The molecule has 1 N–H and O–H groups in total. The third-order valence-corrected chi connectivity index (χ3v) is 11.9. The highest BCUT2D eigenvalue weighted by Crippen LogP contribution is 2.71. The lowest BCUT2D eigenvalue weighted by Crippen LogP contribution is -2.55. The molecule has 6 fully saturated rings. The van der Waals surface area contributed by atoms with E-state index >= 15 is 0 Å². The van der Waals surface area contributed by atoms with Gasteiger partial charge in [0.1, 0.15) is 0 Å². The van der Waals surface area contributed by atoms with E-state index in [4.69, 9.17) is 9.47 Å². The van der Waals surface area contributed by atoms with Crippen LogP contribution < -0.4 is 0 Å².